The minimum atomic E-state index is -0.281. The lowest BCUT2D eigenvalue weighted by molar-refractivity contribution is -0.119. The number of methoxy groups -OCH3 is 1. The zero-order valence-corrected chi connectivity index (χ0v) is 17.0. The SMILES string of the molecule is COc1ccc(NC(=O)CN(C)CC(=O)Nc2ccc(Cl)c(Cl)c2)cc1Cl. The van der Waals surface area contributed by atoms with Crippen molar-refractivity contribution in [2.24, 2.45) is 0 Å². The number of carbonyl (C=O) groups excluding carboxylic acids is 2. The van der Waals surface area contributed by atoms with Gasteiger partial charge in [0, 0.05) is 11.4 Å². The van der Waals surface area contributed by atoms with Crippen molar-refractivity contribution in [2.75, 3.05) is 37.9 Å². The van der Waals surface area contributed by atoms with E-state index in [1.807, 2.05) is 0 Å². The third-order valence-electron chi connectivity index (χ3n) is 3.47. The predicted molar refractivity (Wildman–Crippen MR) is 109 cm³/mol. The molecule has 0 aliphatic carbocycles. The number of anilines is 2. The molecule has 2 aromatic rings. The maximum Gasteiger partial charge on any atom is 0.238 e. The molecular formula is C18H18Cl3N3O3. The fourth-order valence-electron chi connectivity index (χ4n) is 2.27. The van der Waals surface area contributed by atoms with Gasteiger partial charge in [0.15, 0.2) is 0 Å². The fourth-order valence-corrected chi connectivity index (χ4v) is 2.82. The summed E-state index contributed by atoms with van der Waals surface area (Å²) in [6.07, 6.45) is 0. The second kappa shape index (κ2) is 9.80. The fraction of sp³-hybridized carbons (Fsp3) is 0.222. The zero-order valence-electron chi connectivity index (χ0n) is 14.7. The van der Waals surface area contributed by atoms with Crippen molar-refractivity contribution in [2.45, 2.75) is 0 Å². The summed E-state index contributed by atoms with van der Waals surface area (Å²) in [4.78, 5) is 25.8. The number of nitrogens with zero attached hydrogens (tertiary/aromatic N) is 1. The Hall–Kier alpha value is -1.99. The highest BCUT2D eigenvalue weighted by atomic mass is 35.5. The normalized spacial score (nSPS) is 10.6. The quantitative estimate of drug-likeness (QED) is 0.692. The average Bonchev–Trinajstić information content (AvgIpc) is 2.58. The van der Waals surface area contributed by atoms with Gasteiger partial charge in [0.05, 0.1) is 35.3 Å². The summed E-state index contributed by atoms with van der Waals surface area (Å²) in [6, 6.07) is 9.73. The summed E-state index contributed by atoms with van der Waals surface area (Å²) in [6.45, 7) is 0.0511. The van der Waals surface area contributed by atoms with Gasteiger partial charge >= 0.3 is 0 Å². The van der Waals surface area contributed by atoms with E-state index in [4.69, 9.17) is 39.5 Å². The molecule has 0 unspecified atom stereocenters. The number of halogens is 3. The van der Waals surface area contributed by atoms with E-state index in [1.54, 1.807) is 48.3 Å². The average molecular weight is 431 g/mol. The summed E-state index contributed by atoms with van der Waals surface area (Å²) in [5.74, 6) is -0.0389. The van der Waals surface area contributed by atoms with Gasteiger partial charge in [-0.1, -0.05) is 34.8 Å². The zero-order chi connectivity index (χ0) is 20.0. The van der Waals surface area contributed by atoms with Crippen LogP contribution in [0.15, 0.2) is 36.4 Å². The predicted octanol–water partition coefficient (Wildman–Crippen LogP) is 4.16. The van der Waals surface area contributed by atoms with Crippen molar-refractivity contribution in [3.63, 3.8) is 0 Å². The van der Waals surface area contributed by atoms with Gasteiger partial charge in [0.25, 0.3) is 0 Å². The molecule has 0 atom stereocenters. The number of benzene rings is 2. The second-order valence-corrected chi connectivity index (χ2v) is 6.97. The van der Waals surface area contributed by atoms with Crippen molar-refractivity contribution in [1.29, 1.82) is 0 Å². The molecule has 0 heterocycles. The Morgan fingerprint density at radius 2 is 1.41 bits per heavy atom. The lowest BCUT2D eigenvalue weighted by atomic mass is 10.3. The van der Waals surface area contributed by atoms with Gasteiger partial charge in [-0.3, -0.25) is 14.5 Å². The third kappa shape index (κ3) is 6.59. The first-order valence-corrected chi connectivity index (χ1v) is 8.98. The first-order valence-electron chi connectivity index (χ1n) is 7.85. The monoisotopic (exact) mass is 429 g/mol. The van der Waals surface area contributed by atoms with E-state index in [9.17, 15) is 9.59 Å². The van der Waals surface area contributed by atoms with Gasteiger partial charge in [-0.2, -0.15) is 0 Å². The lowest BCUT2D eigenvalue weighted by Gasteiger charge is -2.16. The number of nitrogens with one attached hydrogen (secondary N) is 2. The lowest BCUT2D eigenvalue weighted by Crippen LogP contribution is -2.36. The van der Waals surface area contributed by atoms with E-state index < -0.39 is 0 Å². The van der Waals surface area contributed by atoms with Crippen LogP contribution in [0.1, 0.15) is 0 Å². The summed E-state index contributed by atoms with van der Waals surface area (Å²) < 4.78 is 5.06. The topological polar surface area (TPSA) is 70.7 Å². The molecule has 9 heteroatoms. The van der Waals surface area contributed by atoms with E-state index in [-0.39, 0.29) is 24.9 Å². The maximum absolute atomic E-state index is 12.1. The van der Waals surface area contributed by atoms with Crippen molar-refractivity contribution < 1.29 is 14.3 Å². The van der Waals surface area contributed by atoms with E-state index >= 15 is 0 Å². The Bertz CT molecular complexity index is 846. The van der Waals surface area contributed by atoms with Crippen molar-refractivity contribution in [3.05, 3.63) is 51.5 Å². The molecule has 0 aromatic heterocycles. The number of hydrogen-bond acceptors (Lipinski definition) is 4. The van der Waals surface area contributed by atoms with Crippen molar-refractivity contribution in [1.82, 2.24) is 4.90 Å². The van der Waals surface area contributed by atoms with Gasteiger partial charge in [-0.15, -0.1) is 0 Å². The van der Waals surface area contributed by atoms with Gasteiger partial charge in [0.1, 0.15) is 5.75 Å². The molecular weight excluding hydrogens is 413 g/mol. The first-order chi connectivity index (χ1) is 12.8. The molecule has 27 heavy (non-hydrogen) atoms. The molecule has 0 saturated carbocycles. The minimum Gasteiger partial charge on any atom is -0.495 e. The summed E-state index contributed by atoms with van der Waals surface area (Å²) in [7, 11) is 3.17. The summed E-state index contributed by atoms with van der Waals surface area (Å²) in [5.41, 5.74) is 1.07. The van der Waals surface area contributed by atoms with Gasteiger partial charge < -0.3 is 15.4 Å². The molecule has 0 fully saturated rings. The Kier molecular flexibility index (Phi) is 7.74. The molecule has 0 aliphatic heterocycles. The molecule has 2 amide bonds. The number of amides is 2. The van der Waals surface area contributed by atoms with Crippen LogP contribution in [-0.4, -0.2) is 44.0 Å². The van der Waals surface area contributed by atoms with Crippen LogP contribution in [0, 0.1) is 0 Å². The highest BCUT2D eigenvalue weighted by Crippen LogP contribution is 2.27. The standard InChI is InChI=1S/C18H18Cl3N3O3/c1-24(9-17(25)22-11-3-5-13(19)14(20)7-11)10-18(26)23-12-4-6-16(27-2)15(21)8-12/h3-8H,9-10H2,1-2H3,(H,22,25)(H,23,26). The number of ether oxygens (including phenoxy) is 1. The van der Waals surface area contributed by atoms with Crippen LogP contribution in [-0.2, 0) is 9.59 Å². The van der Waals surface area contributed by atoms with Crippen LogP contribution in [0.3, 0.4) is 0 Å². The summed E-state index contributed by atoms with van der Waals surface area (Å²) in [5, 5.41) is 6.56. The minimum absolute atomic E-state index is 0.0248. The summed E-state index contributed by atoms with van der Waals surface area (Å²) >= 11 is 17.8. The molecule has 2 rings (SSSR count). The van der Waals surface area contributed by atoms with Crippen LogP contribution in [0.2, 0.25) is 15.1 Å². The molecule has 0 saturated heterocycles. The highest BCUT2D eigenvalue weighted by Gasteiger charge is 2.12. The van der Waals surface area contributed by atoms with Crippen LogP contribution < -0.4 is 15.4 Å². The van der Waals surface area contributed by atoms with Crippen molar-refractivity contribution in [3.8, 4) is 5.75 Å². The number of likely N-dealkylation sites (N-methyl/N-ethyl adjacent to an activating group) is 1. The van der Waals surface area contributed by atoms with Crippen LogP contribution in [0.5, 0.6) is 5.75 Å². The largest absolute Gasteiger partial charge is 0.495 e. The number of carbonyl (C=O) groups is 2. The Labute approximate surface area is 172 Å². The third-order valence-corrected chi connectivity index (χ3v) is 4.50. The molecule has 0 bridgehead atoms. The Balaban J connectivity index is 1.84. The highest BCUT2D eigenvalue weighted by molar-refractivity contribution is 6.42. The maximum atomic E-state index is 12.1. The first kappa shape index (κ1) is 21.3. The van der Waals surface area contributed by atoms with Crippen molar-refractivity contribution >= 4 is 58.0 Å². The van der Waals surface area contributed by atoms with Gasteiger partial charge in [-0.05, 0) is 43.4 Å². The van der Waals surface area contributed by atoms with Crippen LogP contribution in [0.25, 0.3) is 0 Å². The molecule has 6 nitrogen and oxygen atoms in total. The molecule has 144 valence electrons. The molecule has 0 radical (unpaired) electrons. The Morgan fingerprint density at radius 3 is 1.89 bits per heavy atom. The van der Waals surface area contributed by atoms with E-state index in [1.165, 1.54) is 7.11 Å². The van der Waals surface area contributed by atoms with Crippen LogP contribution in [0.4, 0.5) is 11.4 Å². The van der Waals surface area contributed by atoms with Gasteiger partial charge in [-0.25, -0.2) is 0 Å². The van der Waals surface area contributed by atoms with E-state index in [0.717, 1.165) is 0 Å². The molecule has 0 spiro atoms. The smallest absolute Gasteiger partial charge is 0.238 e. The molecule has 2 aromatic carbocycles. The number of hydrogen-bond donors (Lipinski definition) is 2. The van der Waals surface area contributed by atoms with E-state index in [2.05, 4.69) is 10.6 Å². The van der Waals surface area contributed by atoms with E-state index in [0.29, 0.717) is 32.2 Å². The number of rotatable bonds is 7. The van der Waals surface area contributed by atoms with Gasteiger partial charge in [0.2, 0.25) is 11.8 Å². The molecule has 0 aliphatic rings. The Morgan fingerprint density at radius 1 is 0.889 bits per heavy atom. The molecule has 2 N–H and O–H groups in total. The van der Waals surface area contributed by atoms with Crippen LogP contribution >= 0.6 is 34.8 Å². The second-order valence-electron chi connectivity index (χ2n) is 5.75.